The first-order valence-corrected chi connectivity index (χ1v) is 5.59. The van der Waals surface area contributed by atoms with Crippen molar-refractivity contribution in [2.24, 2.45) is 0 Å². The van der Waals surface area contributed by atoms with Crippen LogP contribution < -0.4 is 10.1 Å². The number of nitrogens with one attached hydrogen (secondary N) is 1. The Hall–Kier alpha value is -2.69. The van der Waals surface area contributed by atoms with E-state index in [9.17, 15) is 9.59 Å². The summed E-state index contributed by atoms with van der Waals surface area (Å²) in [6.07, 6.45) is 3.94. The number of methoxy groups -OCH3 is 1. The van der Waals surface area contributed by atoms with Crippen molar-refractivity contribution in [2.75, 3.05) is 12.4 Å². The number of fused-ring (bicyclic) bond motifs is 1. The summed E-state index contributed by atoms with van der Waals surface area (Å²) in [6, 6.07) is 7.19. The van der Waals surface area contributed by atoms with Crippen LogP contribution in [0.1, 0.15) is 0 Å². The van der Waals surface area contributed by atoms with E-state index in [-0.39, 0.29) is 5.70 Å². The van der Waals surface area contributed by atoms with Gasteiger partial charge in [0, 0.05) is 17.7 Å². The van der Waals surface area contributed by atoms with Gasteiger partial charge < -0.3 is 10.1 Å². The molecule has 5 nitrogen and oxygen atoms in total. The summed E-state index contributed by atoms with van der Waals surface area (Å²) in [6.45, 7) is 0. The van der Waals surface area contributed by atoms with Crippen LogP contribution in [0.15, 0.2) is 42.2 Å². The van der Waals surface area contributed by atoms with Crippen LogP contribution in [0.4, 0.5) is 5.69 Å². The Morgan fingerprint density at radius 2 is 2.16 bits per heavy atom. The number of carbonyl (C=O) groups is 2. The van der Waals surface area contributed by atoms with Crippen molar-refractivity contribution in [3.63, 3.8) is 0 Å². The third kappa shape index (κ3) is 2.60. The molecule has 5 heteroatoms. The molecule has 2 aromatic rings. The van der Waals surface area contributed by atoms with Gasteiger partial charge in [0.1, 0.15) is 12.0 Å². The number of hydrogen-bond donors (Lipinski definition) is 1. The number of benzene rings is 1. The van der Waals surface area contributed by atoms with Crippen LogP contribution in [-0.2, 0) is 9.59 Å². The van der Waals surface area contributed by atoms with Crippen LogP contribution in [0.2, 0.25) is 0 Å². The molecule has 2 rings (SSSR count). The molecule has 0 saturated heterocycles. The van der Waals surface area contributed by atoms with Crippen molar-refractivity contribution in [1.82, 2.24) is 4.98 Å². The summed E-state index contributed by atoms with van der Waals surface area (Å²) in [7, 11) is 1.58. The third-order valence-electron chi connectivity index (χ3n) is 2.60. The first kappa shape index (κ1) is 12.8. The van der Waals surface area contributed by atoms with Gasteiger partial charge in [-0.05, 0) is 24.3 Å². The lowest BCUT2D eigenvalue weighted by Gasteiger charge is -2.10. The second-order valence-corrected chi connectivity index (χ2v) is 3.72. The quantitative estimate of drug-likeness (QED) is 0.654. The summed E-state index contributed by atoms with van der Waals surface area (Å²) in [4.78, 5) is 25.5. The van der Waals surface area contributed by atoms with Crippen molar-refractivity contribution in [1.29, 1.82) is 0 Å². The number of pyridine rings is 1. The predicted octanol–water partition coefficient (Wildman–Crippen LogP) is 1.94. The first-order chi connectivity index (χ1) is 9.30. The first-order valence-electron chi connectivity index (χ1n) is 5.59. The Kier molecular flexibility index (Phi) is 3.87. The molecule has 1 aromatic heterocycles. The van der Waals surface area contributed by atoms with E-state index in [0.29, 0.717) is 29.5 Å². The molecule has 0 amide bonds. The molecule has 0 bridgehead atoms. The summed E-state index contributed by atoms with van der Waals surface area (Å²) in [5.74, 6) is 0.695. The molecule has 0 unspecified atom stereocenters. The average molecular weight is 256 g/mol. The lowest BCUT2D eigenvalue weighted by Crippen LogP contribution is -2.02. The van der Waals surface area contributed by atoms with E-state index >= 15 is 0 Å². The van der Waals surface area contributed by atoms with Gasteiger partial charge in [0.15, 0.2) is 6.29 Å². The normalized spacial score (nSPS) is 11.1. The zero-order valence-electron chi connectivity index (χ0n) is 10.3. The zero-order valence-corrected chi connectivity index (χ0v) is 10.3. The standard InChI is InChI=1S/C14H12N2O3/c1-19-13-5-4-12(16-10(9-18)6-8-17)14-11(13)3-2-7-15-14/h2-9,16H,1H3/b10-6-. The number of anilines is 1. The van der Waals surface area contributed by atoms with Crippen molar-refractivity contribution < 1.29 is 14.3 Å². The SMILES string of the molecule is COc1ccc(N/C(C=O)=C\C=O)c2ncccc12. The molecular formula is C14H12N2O3. The van der Waals surface area contributed by atoms with Gasteiger partial charge in [0.2, 0.25) is 0 Å². The van der Waals surface area contributed by atoms with Crippen molar-refractivity contribution in [3.05, 3.63) is 42.2 Å². The molecule has 0 aliphatic rings. The maximum absolute atomic E-state index is 10.8. The number of carbonyl (C=O) groups excluding carboxylic acids is 2. The second-order valence-electron chi connectivity index (χ2n) is 3.72. The molecule has 0 saturated carbocycles. The van der Waals surface area contributed by atoms with Crippen molar-refractivity contribution in [3.8, 4) is 5.75 Å². The second kappa shape index (κ2) is 5.77. The molecule has 0 fully saturated rings. The van der Waals surface area contributed by atoms with E-state index < -0.39 is 0 Å². The molecule has 1 heterocycles. The van der Waals surface area contributed by atoms with Crippen LogP contribution in [0, 0.1) is 0 Å². The Labute approximate surface area is 109 Å². The van der Waals surface area contributed by atoms with Gasteiger partial charge in [-0.1, -0.05) is 0 Å². The predicted molar refractivity (Wildman–Crippen MR) is 72.1 cm³/mol. The van der Waals surface area contributed by atoms with Crippen LogP contribution in [0.3, 0.4) is 0 Å². The summed E-state index contributed by atoms with van der Waals surface area (Å²) in [5, 5.41) is 3.69. The smallest absolute Gasteiger partial charge is 0.166 e. The maximum Gasteiger partial charge on any atom is 0.166 e. The van der Waals surface area contributed by atoms with Crippen LogP contribution in [0.5, 0.6) is 5.75 Å². The molecule has 96 valence electrons. The molecular weight excluding hydrogens is 244 g/mol. The van der Waals surface area contributed by atoms with E-state index in [0.717, 1.165) is 11.5 Å². The lowest BCUT2D eigenvalue weighted by atomic mass is 10.1. The van der Waals surface area contributed by atoms with Gasteiger partial charge in [-0.25, -0.2) is 0 Å². The number of allylic oxidation sites excluding steroid dienone is 2. The highest BCUT2D eigenvalue weighted by molar-refractivity contribution is 5.97. The van der Waals surface area contributed by atoms with Crippen molar-refractivity contribution in [2.45, 2.75) is 0 Å². The molecule has 0 spiro atoms. The summed E-state index contributed by atoms with van der Waals surface area (Å²) in [5.41, 5.74) is 1.48. The van der Waals surface area contributed by atoms with Gasteiger partial charge in [-0.2, -0.15) is 0 Å². The van der Waals surface area contributed by atoms with E-state index in [4.69, 9.17) is 4.74 Å². The van der Waals surface area contributed by atoms with Crippen LogP contribution >= 0.6 is 0 Å². The number of aromatic nitrogens is 1. The van der Waals surface area contributed by atoms with Gasteiger partial charge >= 0.3 is 0 Å². The number of aldehydes is 2. The molecule has 0 aliphatic heterocycles. The van der Waals surface area contributed by atoms with E-state index in [1.54, 1.807) is 31.5 Å². The highest BCUT2D eigenvalue weighted by atomic mass is 16.5. The van der Waals surface area contributed by atoms with Crippen molar-refractivity contribution >= 4 is 29.2 Å². The van der Waals surface area contributed by atoms with Gasteiger partial charge in [0.05, 0.1) is 24.0 Å². The minimum atomic E-state index is 0.173. The third-order valence-corrected chi connectivity index (χ3v) is 2.60. The largest absolute Gasteiger partial charge is 0.496 e. The highest BCUT2D eigenvalue weighted by Crippen LogP contribution is 2.30. The zero-order chi connectivity index (χ0) is 13.7. The Morgan fingerprint density at radius 3 is 2.84 bits per heavy atom. The van der Waals surface area contributed by atoms with Gasteiger partial charge in [0.25, 0.3) is 0 Å². The minimum absolute atomic E-state index is 0.173. The monoisotopic (exact) mass is 256 g/mol. The Balaban J connectivity index is 2.53. The molecule has 1 aromatic carbocycles. The number of hydrogen-bond acceptors (Lipinski definition) is 5. The van der Waals surface area contributed by atoms with E-state index in [1.807, 2.05) is 6.07 Å². The highest BCUT2D eigenvalue weighted by Gasteiger charge is 2.08. The van der Waals surface area contributed by atoms with E-state index in [2.05, 4.69) is 10.3 Å². The van der Waals surface area contributed by atoms with Gasteiger partial charge in [-0.3, -0.25) is 14.6 Å². The molecule has 1 N–H and O–H groups in total. The topological polar surface area (TPSA) is 68.3 Å². The average Bonchev–Trinajstić information content (AvgIpc) is 2.47. The summed E-state index contributed by atoms with van der Waals surface area (Å²) >= 11 is 0. The maximum atomic E-state index is 10.8. The number of nitrogens with zero attached hydrogens (tertiary/aromatic N) is 1. The Bertz CT molecular complexity index is 650. The van der Waals surface area contributed by atoms with E-state index in [1.165, 1.54) is 0 Å². The van der Waals surface area contributed by atoms with Crippen LogP contribution in [-0.4, -0.2) is 24.7 Å². The van der Waals surface area contributed by atoms with Gasteiger partial charge in [-0.15, -0.1) is 0 Å². The lowest BCUT2D eigenvalue weighted by molar-refractivity contribution is -0.106. The molecule has 0 aliphatic carbocycles. The fourth-order valence-electron chi connectivity index (χ4n) is 1.76. The number of ether oxygens (including phenoxy) is 1. The number of rotatable bonds is 5. The fourth-order valence-corrected chi connectivity index (χ4v) is 1.76. The minimum Gasteiger partial charge on any atom is -0.496 e. The molecule has 0 atom stereocenters. The Morgan fingerprint density at radius 1 is 1.32 bits per heavy atom. The van der Waals surface area contributed by atoms with Crippen LogP contribution in [0.25, 0.3) is 10.9 Å². The molecule has 0 radical (unpaired) electrons. The molecule has 19 heavy (non-hydrogen) atoms. The summed E-state index contributed by atoms with van der Waals surface area (Å²) < 4.78 is 5.25. The fraction of sp³-hybridized carbons (Fsp3) is 0.0714.